The second-order valence-electron chi connectivity index (χ2n) is 5.79. The van der Waals surface area contributed by atoms with Gasteiger partial charge in [-0.25, -0.2) is 4.79 Å². The minimum absolute atomic E-state index is 0.267. The number of aromatic nitrogens is 1. The summed E-state index contributed by atoms with van der Waals surface area (Å²) in [7, 11) is 0. The topological polar surface area (TPSA) is 68.5 Å². The average molecular weight is 263 g/mol. The number of carbonyl (C=O) groups excluding carboxylic acids is 1. The molecule has 2 N–H and O–H groups in total. The largest absolute Gasteiger partial charge is 0.444 e. The lowest BCUT2D eigenvalue weighted by Gasteiger charge is -2.31. The average Bonchev–Trinajstić information content (AvgIpc) is 2.35. The van der Waals surface area contributed by atoms with Crippen molar-refractivity contribution in [3.63, 3.8) is 0 Å². The molecule has 0 spiro atoms. The number of ether oxygens (including phenoxy) is 1. The van der Waals surface area contributed by atoms with E-state index >= 15 is 0 Å². The molecule has 0 bridgehead atoms. The third kappa shape index (κ3) is 3.23. The molecule has 1 aliphatic heterocycles. The van der Waals surface area contributed by atoms with Crippen molar-refractivity contribution >= 4 is 6.09 Å². The van der Waals surface area contributed by atoms with Gasteiger partial charge in [0.1, 0.15) is 5.60 Å². The summed E-state index contributed by atoms with van der Waals surface area (Å²) in [6.07, 6.45) is 4.16. The molecular weight excluding hydrogens is 242 g/mol. The molecular formula is C14H21N3O2. The molecule has 0 fully saturated rings. The van der Waals surface area contributed by atoms with E-state index in [1.807, 2.05) is 33.2 Å². The highest BCUT2D eigenvalue weighted by atomic mass is 16.6. The summed E-state index contributed by atoms with van der Waals surface area (Å²) in [6, 6.07) is 0. The summed E-state index contributed by atoms with van der Waals surface area (Å²) in [4.78, 5) is 17.9. The first-order chi connectivity index (χ1) is 8.90. The van der Waals surface area contributed by atoms with Crippen LogP contribution >= 0.6 is 0 Å². The number of nitrogens with zero attached hydrogens (tertiary/aromatic N) is 2. The molecule has 5 heteroatoms. The Hall–Kier alpha value is -1.62. The van der Waals surface area contributed by atoms with Crippen molar-refractivity contribution in [1.29, 1.82) is 0 Å². The van der Waals surface area contributed by atoms with Crippen LogP contribution in [0.3, 0.4) is 0 Å². The van der Waals surface area contributed by atoms with Crippen LogP contribution in [0.15, 0.2) is 12.4 Å². The molecule has 0 aromatic carbocycles. The number of hydrogen-bond donors (Lipinski definition) is 1. The van der Waals surface area contributed by atoms with Crippen molar-refractivity contribution in [2.24, 2.45) is 5.73 Å². The Morgan fingerprint density at radius 1 is 1.47 bits per heavy atom. The number of rotatable bonds is 1. The van der Waals surface area contributed by atoms with Crippen LogP contribution < -0.4 is 5.73 Å². The molecule has 1 aromatic heterocycles. The number of pyridine rings is 1. The molecule has 1 aromatic rings. The van der Waals surface area contributed by atoms with E-state index in [2.05, 4.69) is 4.98 Å². The van der Waals surface area contributed by atoms with Gasteiger partial charge in [-0.1, -0.05) is 0 Å². The van der Waals surface area contributed by atoms with Gasteiger partial charge in [0.2, 0.25) is 0 Å². The molecule has 1 aliphatic rings. The van der Waals surface area contributed by atoms with Gasteiger partial charge in [-0.2, -0.15) is 0 Å². The zero-order valence-electron chi connectivity index (χ0n) is 11.8. The SMILES string of the molecule is CC(C)(C)OC(=O)N1CCc2c(CN)cncc2C1. The van der Waals surface area contributed by atoms with Crippen LogP contribution in [0.4, 0.5) is 4.79 Å². The first kappa shape index (κ1) is 13.8. The fourth-order valence-corrected chi connectivity index (χ4v) is 2.23. The van der Waals surface area contributed by atoms with Crippen LogP contribution in [0.5, 0.6) is 0 Å². The Morgan fingerprint density at radius 2 is 2.21 bits per heavy atom. The number of nitrogens with two attached hydrogens (primary N) is 1. The highest BCUT2D eigenvalue weighted by Crippen LogP contribution is 2.22. The number of amides is 1. The van der Waals surface area contributed by atoms with E-state index in [1.54, 1.807) is 4.90 Å². The zero-order chi connectivity index (χ0) is 14.0. The number of hydrogen-bond acceptors (Lipinski definition) is 4. The second kappa shape index (κ2) is 5.17. The van der Waals surface area contributed by atoms with Gasteiger partial charge in [0.05, 0.1) is 6.54 Å². The third-order valence-corrected chi connectivity index (χ3v) is 3.10. The van der Waals surface area contributed by atoms with Gasteiger partial charge in [-0.05, 0) is 43.9 Å². The van der Waals surface area contributed by atoms with Gasteiger partial charge in [0, 0.05) is 25.5 Å². The summed E-state index contributed by atoms with van der Waals surface area (Å²) < 4.78 is 5.39. The third-order valence-electron chi connectivity index (χ3n) is 3.10. The minimum Gasteiger partial charge on any atom is -0.444 e. The minimum atomic E-state index is -0.464. The molecule has 104 valence electrons. The fourth-order valence-electron chi connectivity index (χ4n) is 2.23. The molecule has 0 aliphatic carbocycles. The van der Waals surface area contributed by atoms with Crippen LogP contribution in [0.1, 0.15) is 37.5 Å². The lowest BCUT2D eigenvalue weighted by Crippen LogP contribution is -2.40. The maximum Gasteiger partial charge on any atom is 0.410 e. The quantitative estimate of drug-likeness (QED) is 0.839. The molecule has 0 radical (unpaired) electrons. The maximum absolute atomic E-state index is 12.0. The van der Waals surface area contributed by atoms with Crippen molar-refractivity contribution in [3.05, 3.63) is 29.1 Å². The molecule has 1 amide bonds. The molecule has 0 saturated carbocycles. The Labute approximate surface area is 113 Å². The Morgan fingerprint density at radius 3 is 2.84 bits per heavy atom. The van der Waals surface area contributed by atoms with Crippen LogP contribution in [0.2, 0.25) is 0 Å². The van der Waals surface area contributed by atoms with Gasteiger partial charge in [-0.15, -0.1) is 0 Å². The Bertz CT molecular complexity index is 480. The highest BCUT2D eigenvalue weighted by Gasteiger charge is 2.26. The van der Waals surface area contributed by atoms with Crippen LogP contribution in [-0.2, 0) is 24.2 Å². The van der Waals surface area contributed by atoms with Gasteiger partial charge in [0.15, 0.2) is 0 Å². The molecule has 2 rings (SSSR count). The summed E-state index contributed by atoms with van der Waals surface area (Å²) in [5.74, 6) is 0. The van der Waals surface area contributed by atoms with E-state index in [9.17, 15) is 4.79 Å². The van der Waals surface area contributed by atoms with Crippen LogP contribution in [0.25, 0.3) is 0 Å². The standard InChI is InChI=1S/C14H21N3O2/c1-14(2,3)19-13(18)17-5-4-12-10(6-15)7-16-8-11(12)9-17/h7-8H,4-6,9,15H2,1-3H3. The number of carbonyl (C=O) groups is 1. The zero-order valence-corrected chi connectivity index (χ0v) is 11.8. The van der Waals surface area contributed by atoms with Crippen molar-refractivity contribution in [2.45, 2.75) is 45.9 Å². The van der Waals surface area contributed by atoms with Crippen molar-refractivity contribution < 1.29 is 9.53 Å². The lowest BCUT2D eigenvalue weighted by atomic mass is 9.97. The maximum atomic E-state index is 12.0. The van der Waals surface area contributed by atoms with E-state index < -0.39 is 5.60 Å². The van der Waals surface area contributed by atoms with Gasteiger partial charge in [-0.3, -0.25) is 4.98 Å². The summed E-state index contributed by atoms with van der Waals surface area (Å²) in [5, 5.41) is 0. The summed E-state index contributed by atoms with van der Waals surface area (Å²) >= 11 is 0. The fraction of sp³-hybridized carbons (Fsp3) is 0.571. The van der Waals surface area contributed by atoms with E-state index in [4.69, 9.17) is 10.5 Å². The smallest absolute Gasteiger partial charge is 0.410 e. The first-order valence-corrected chi connectivity index (χ1v) is 6.53. The van der Waals surface area contributed by atoms with E-state index in [-0.39, 0.29) is 6.09 Å². The molecule has 2 heterocycles. The Kier molecular flexibility index (Phi) is 3.75. The van der Waals surface area contributed by atoms with Crippen LogP contribution in [-0.4, -0.2) is 28.1 Å². The van der Waals surface area contributed by atoms with E-state index in [0.717, 1.165) is 17.5 Å². The predicted octanol–water partition coefficient (Wildman–Crippen LogP) is 1.83. The molecule has 0 atom stereocenters. The van der Waals surface area contributed by atoms with Crippen molar-refractivity contribution in [1.82, 2.24) is 9.88 Å². The van der Waals surface area contributed by atoms with Gasteiger partial charge >= 0.3 is 6.09 Å². The van der Waals surface area contributed by atoms with E-state index in [0.29, 0.717) is 19.6 Å². The highest BCUT2D eigenvalue weighted by molar-refractivity contribution is 5.68. The molecule has 5 nitrogen and oxygen atoms in total. The lowest BCUT2D eigenvalue weighted by molar-refractivity contribution is 0.0223. The first-order valence-electron chi connectivity index (χ1n) is 6.53. The van der Waals surface area contributed by atoms with Crippen molar-refractivity contribution in [2.75, 3.05) is 6.54 Å². The van der Waals surface area contributed by atoms with E-state index in [1.165, 1.54) is 5.56 Å². The van der Waals surface area contributed by atoms with Gasteiger partial charge in [0.25, 0.3) is 0 Å². The van der Waals surface area contributed by atoms with Gasteiger partial charge < -0.3 is 15.4 Å². The monoisotopic (exact) mass is 263 g/mol. The molecule has 0 saturated heterocycles. The summed E-state index contributed by atoms with van der Waals surface area (Å²) in [5.41, 5.74) is 8.62. The predicted molar refractivity (Wildman–Crippen MR) is 72.5 cm³/mol. The van der Waals surface area contributed by atoms with Crippen molar-refractivity contribution in [3.8, 4) is 0 Å². The second-order valence-corrected chi connectivity index (χ2v) is 5.79. The summed E-state index contributed by atoms with van der Waals surface area (Å²) in [6.45, 7) is 7.32. The molecule has 19 heavy (non-hydrogen) atoms. The molecule has 0 unspecified atom stereocenters. The Balaban J connectivity index is 2.12. The normalized spacial score (nSPS) is 15.1. The number of fused-ring (bicyclic) bond motifs is 1. The van der Waals surface area contributed by atoms with Crippen LogP contribution in [0, 0.1) is 0 Å².